The van der Waals surface area contributed by atoms with Crippen LogP contribution >= 0.6 is 24.4 Å². The third kappa shape index (κ3) is 8.80. The molecule has 1 saturated carbocycles. The summed E-state index contributed by atoms with van der Waals surface area (Å²) in [6.45, 7) is 5.98. The maximum Gasteiger partial charge on any atom is 0.172 e. The fourth-order valence-electron chi connectivity index (χ4n) is 9.04. The highest BCUT2D eigenvalue weighted by molar-refractivity contribution is 7.80. The zero-order valence-corrected chi connectivity index (χ0v) is 31.2. The number of nitrogens with one attached hydrogen (secondary N) is 1. The lowest BCUT2D eigenvalue weighted by Gasteiger charge is -2.37. The molecule has 0 bridgehead atoms. The summed E-state index contributed by atoms with van der Waals surface area (Å²) in [7, 11) is 0. The summed E-state index contributed by atoms with van der Waals surface area (Å²) in [5.74, 6) is 1.04. The van der Waals surface area contributed by atoms with Crippen molar-refractivity contribution >= 4 is 34.7 Å². The molecule has 3 aromatic carbocycles. The molecule has 3 aliphatic heterocycles. The molecular weight excluding hydrogens is 655 g/mol. The van der Waals surface area contributed by atoms with E-state index in [9.17, 15) is 5.11 Å². The van der Waals surface area contributed by atoms with Gasteiger partial charge < -0.3 is 25.1 Å². The third-order valence-corrected chi connectivity index (χ3v) is 12.6. The zero-order chi connectivity index (χ0) is 34.3. The van der Waals surface area contributed by atoms with Crippen molar-refractivity contribution in [3.8, 4) is 5.75 Å². The van der Waals surface area contributed by atoms with Crippen LogP contribution in [0.2, 0.25) is 0 Å². The number of likely N-dealkylation sites (tertiary alicyclic amines) is 1. The lowest BCUT2D eigenvalue weighted by atomic mass is 9.98. The molecule has 3 heterocycles. The van der Waals surface area contributed by atoms with Gasteiger partial charge in [-0.15, -0.1) is 0 Å². The van der Waals surface area contributed by atoms with E-state index in [2.05, 4.69) is 97.7 Å². The first-order valence-electron chi connectivity index (χ1n) is 19.2. The van der Waals surface area contributed by atoms with Crippen LogP contribution in [0.15, 0.2) is 84.9 Å². The largest absolute Gasteiger partial charge is 0.508 e. The zero-order valence-electron chi connectivity index (χ0n) is 29.5. The molecule has 50 heavy (non-hydrogen) atoms. The first-order valence-corrected chi connectivity index (χ1v) is 20.0. The smallest absolute Gasteiger partial charge is 0.172 e. The highest BCUT2D eigenvalue weighted by Crippen LogP contribution is 2.31. The average molecular weight is 710 g/mol. The molecule has 7 rings (SSSR count). The first-order chi connectivity index (χ1) is 24.5. The molecule has 3 aromatic rings. The number of hydrogen-bond donors (Lipinski definition) is 2. The Kier molecular flexibility index (Phi) is 11.9. The van der Waals surface area contributed by atoms with Crippen LogP contribution in [0.5, 0.6) is 5.75 Å². The summed E-state index contributed by atoms with van der Waals surface area (Å²) in [4.78, 5) is 10.5. The van der Waals surface area contributed by atoms with Crippen LogP contribution in [-0.2, 0) is 19.3 Å². The number of phenolic OH excluding ortho intramolecular Hbond substituents is 1. The molecule has 1 unspecified atom stereocenters. The second kappa shape index (κ2) is 16.9. The fourth-order valence-corrected chi connectivity index (χ4v) is 9.80. The molecular formula is C42H55N5OS2. The van der Waals surface area contributed by atoms with Crippen molar-refractivity contribution in [2.75, 3.05) is 39.3 Å². The van der Waals surface area contributed by atoms with E-state index in [-0.39, 0.29) is 6.04 Å². The predicted octanol–water partition coefficient (Wildman–Crippen LogP) is 7.05. The van der Waals surface area contributed by atoms with Crippen LogP contribution in [-0.4, -0.2) is 98.4 Å². The molecule has 2 N–H and O–H groups in total. The van der Waals surface area contributed by atoms with Crippen molar-refractivity contribution in [3.05, 3.63) is 102 Å². The minimum absolute atomic E-state index is 0.244. The van der Waals surface area contributed by atoms with E-state index in [4.69, 9.17) is 24.4 Å². The van der Waals surface area contributed by atoms with Gasteiger partial charge in [0.15, 0.2) is 10.2 Å². The molecule has 1 aliphatic carbocycles. The van der Waals surface area contributed by atoms with Gasteiger partial charge in [-0.2, -0.15) is 0 Å². The number of aromatic hydroxyl groups is 1. The van der Waals surface area contributed by atoms with Crippen LogP contribution in [0, 0.1) is 5.92 Å². The van der Waals surface area contributed by atoms with Crippen molar-refractivity contribution < 1.29 is 5.11 Å². The fraction of sp³-hybridized carbons (Fsp3) is 0.524. The number of hydrogen-bond acceptors (Lipinski definition) is 4. The second-order valence-electron chi connectivity index (χ2n) is 15.3. The normalized spacial score (nSPS) is 24.2. The van der Waals surface area contributed by atoms with Gasteiger partial charge >= 0.3 is 0 Å². The Morgan fingerprint density at radius 1 is 0.680 bits per heavy atom. The number of nitrogens with zero attached hydrogens (tertiary/aromatic N) is 4. The number of thiocarbonyl (C=S) groups is 2. The summed E-state index contributed by atoms with van der Waals surface area (Å²) < 4.78 is 0. The Labute approximate surface area is 310 Å². The Morgan fingerprint density at radius 2 is 1.34 bits per heavy atom. The van der Waals surface area contributed by atoms with Gasteiger partial charge in [0.2, 0.25) is 0 Å². The molecule has 0 amide bonds. The SMILES string of the molecule is Oc1ccc(C[C@@H](CN2CCCC2CN2C(=S)NC[C@@H]2Cc2ccccc2)N2C[C@H](Cc3ccccc3)N(CC3CCCCCC3)C2=S)cc1. The highest BCUT2D eigenvalue weighted by Gasteiger charge is 2.41. The Balaban J connectivity index is 1.11. The van der Waals surface area contributed by atoms with Crippen molar-refractivity contribution in [2.45, 2.75) is 94.8 Å². The number of benzene rings is 3. The molecule has 4 fully saturated rings. The van der Waals surface area contributed by atoms with Gasteiger partial charge in [0.1, 0.15) is 5.75 Å². The second-order valence-corrected chi connectivity index (χ2v) is 16.0. The van der Waals surface area contributed by atoms with E-state index in [1.54, 1.807) is 0 Å². The van der Waals surface area contributed by atoms with E-state index < -0.39 is 0 Å². The van der Waals surface area contributed by atoms with Crippen molar-refractivity contribution in [1.82, 2.24) is 24.9 Å². The lowest BCUT2D eigenvalue weighted by molar-refractivity contribution is 0.159. The quantitative estimate of drug-likeness (QED) is 0.145. The van der Waals surface area contributed by atoms with Gasteiger partial charge in [0, 0.05) is 44.8 Å². The molecule has 8 heteroatoms. The third-order valence-electron chi connectivity index (χ3n) is 11.8. The maximum atomic E-state index is 10.1. The molecule has 4 atom stereocenters. The lowest BCUT2D eigenvalue weighted by Crippen LogP contribution is -2.51. The highest BCUT2D eigenvalue weighted by atomic mass is 32.1. The van der Waals surface area contributed by atoms with E-state index in [0.29, 0.717) is 29.8 Å². The van der Waals surface area contributed by atoms with Gasteiger partial charge in [0.25, 0.3) is 0 Å². The number of rotatable bonds is 13. The molecule has 0 spiro atoms. The Morgan fingerprint density at radius 3 is 2.02 bits per heavy atom. The van der Waals surface area contributed by atoms with Crippen LogP contribution in [0.1, 0.15) is 68.1 Å². The van der Waals surface area contributed by atoms with Crippen molar-refractivity contribution in [1.29, 1.82) is 0 Å². The Hall–Kier alpha value is -3.20. The summed E-state index contributed by atoms with van der Waals surface area (Å²) in [6, 6.07) is 31.1. The van der Waals surface area contributed by atoms with Gasteiger partial charge in [0.05, 0.1) is 12.1 Å². The molecule has 4 aliphatic rings. The minimum Gasteiger partial charge on any atom is -0.508 e. The summed E-state index contributed by atoms with van der Waals surface area (Å²) in [5, 5.41) is 15.6. The van der Waals surface area contributed by atoms with Crippen LogP contribution in [0.25, 0.3) is 0 Å². The van der Waals surface area contributed by atoms with Crippen LogP contribution < -0.4 is 5.32 Å². The Bertz CT molecular complexity index is 1530. The van der Waals surface area contributed by atoms with Crippen molar-refractivity contribution in [3.63, 3.8) is 0 Å². The van der Waals surface area contributed by atoms with Gasteiger partial charge in [-0.1, -0.05) is 98.5 Å². The summed E-state index contributed by atoms with van der Waals surface area (Å²) in [6.07, 6.45) is 13.4. The monoisotopic (exact) mass is 709 g/mol. The molecule has 0 aromatic heterocycles. The topological polar surface area (TPSA) is 45.2 Å². The molecule has 6 nitrogen and oxygen atoms in total. The van der Waals surface area contributed by atoms with Crippen molar-refractivity contribution in [2.24, 2.45) is 5.92 Å². The van der Waals surface area contributed by atoms with Crippen LogP contribution in [0.4, 0.5) is 0 Å². The summed E-state index contributed by atoms with van der Waals surface area (Å²) in [5.41, 5.74) is 4.01. The molecule has 0 radical (unpaired) electrons. The molecule has 3 saturated heterocycles. The van der Waals surface area contributed by atoms with Gasteiger partial charge in [-0.25, -0.2) is 0 Å². The van der Waals surface area contributed by atoms with E-state index in [1.165, 1.54) is 68.1 Å². The maximum absolute atomic E-state index is 10.1. The standard InChI is InChI=1S/C42H55N5OS2/c48-40-21-19-34(20-22-40)26-38(29-44-23-11-18-36(44)30-45-37(27-43-41(45)49)24-32-12-7-3-8-13-32)47-31-39(25-33-14-9-4-10-15-33)46(42(47)50)28-35-16-5-1-2-6-17-35/h3-4,7-10,12-15,19-22,35-39,48H,1-2,5-6,11,16-18,23-31H2,(H,43,49)/t36?,37-,38-,39-/m0/s1. The number of phenols is 1. The molecule has 266 valence electrons. The van der Waals surface area contributed by atoms with E-state index in [1.807, 2.05) is 12.1 Å². The first kappa shape index (κ1) is 35.2. The predicted molar refractivity (Wildman–Crippen MR) is 213 cm³/mol. The average Bonchev–Trinajstić information content (AvgIpc) is 3.72. The van der Waals surface area contributed by atoms with Crippen LogP contribution in [0.3, 0.4) is 0 Å². The minimum atomic E-state index is 0.244. The summed E-state index contributed by atoms with van der Waals surface area (Å²) >= 11 is 12.4. The van der Waals surface area contributed by atoms with E-state index in [0.717, 1.165) is 68.8 Å². The van der Waals surface area contributed by atoms with E-state index >= 15 is 0 Å². The van der Waals surface area contributed by atoms with Gasteiger partial charge in [-0.05, 0) is 111 Å². The van der Waals surface area contributed by atoms with Gasteiger partial charge in [-0.3, -0.25) is 4.90 Å².